The van der Waals surface area contributed by atoms with Crippen LogP contribution >= 0.6 is 0 Å². The number of sulfonamides is 1. The first-order valence-corrected chi connectivity index (χ1v) is 11.3. The van der Waals surface area contributed by atoms with Crippen LogP contribution in [-0.4, -0.2) is 70.7 Å². The normalized spacial score (nSPS) is 20.9. The maximum atomic E-state index is 13.0. The number of hydrogen-bond acceptors (Lipinski definition) is 6. The number of nitrogens with one attached hydrogen (secondary N) is 1. The van der Waals surface area contributed by atoms with E-state index in [9.17, 15) is 13.2 Å². The van der Waals surface area contributed by atoms with Gasteiger partial charge >= 0.3 is 0 Å². The molecule has 0 saturated carbocycles. The van der Waals surface area contributed by atoms with Gasteiger partial charge < -0.3 is 19.7 Å². The summed E-state index contributed by atoms with van der Waals surface area (Å²) in [6.07, 6.45) is 1.05. The zero-order chi connectivity index (χ0) is 20.1. The van der Waals surface area contributed by atoms with Crippen LogP contribution in [0, 0.1) is 0 Å². The topological polar surface area (TPSA) is 88.2 Å². The number of benzene rings is 1. The lowest BCUT2D eigenvalue weighted by molar-refractivity contribution is -0.124. The SMILES string of the molecule is CCN(CC)c1ccc(S(=O)(=O)N2CCOCC2)cc1NC(=O)C1CCCO1. The maximum absolute atomic E-state index is 13.0. The van der Waals surface area contributed by atoms with Gasteiger partial charge in [-0.3, -0.25) is 4.79 Å². The Kier molecular flexibility index (Phi) is 6.92. The van der Waals surface area contributed by atoms with Crippen molar-refractivity contribution < 1.29 is 22.7 Å². The van der Waals surface area contributed by atoms with Gasteiger partial charge in [0.2, 0.25) is 10.0 Å². The third-order valence-electron chi connectivity index (χ3n) is 5.16. The number of carbonyl (C=O) groups excluding carboxylic acids is 1. The molecule has 0 spiro atoms. The Balaban J connectivity index is 1.93. The fraction of sp³-hybridized carbons (Fsp3) is 0.632. The van der Waals surface area contributed by atoms with Gasteiger partial charge in [-0.15, -0.1) is 0 Å². The molecule has 28 heavy (non-hydrogen) atoms. The molecule has 1 amide bonds. The molecule has 0 bridgehead atoms. The van der Waals surface area contributed by atoms with Crippen molar-refractivity contribution in [2.24, 2.45) is 0 Å². The lowest BCUT2D eigenvalue weighted by Crippen LogP contribution is -2.40. The van der Waals surface area contributed by atoms with E-state index < -0.39 is 16.1 Å². The third kappa shape index (κ3) is 4.48. The van der Waals surface area contributed by atoms with Gasteiger partial charge in [0.15, 0.2) is 0 Å². The third-order valence-corrected chi connectivity index (χ3v) is 7.05. The molecule has 1 aromatic rings. The molecule has 1 aromatic carbocycles. The molecule has 3 rings (SSSR count). The minimum atomic E-state index is -3.64. The zero-order valence-electron chi connectivity index (χ0n) is 16.5. The number of anilines is 2. The van der Waals surface area contributed by atoms with E-state index in [2.05, 4.69) is 10.2 Å². The first-order chi connectivity index (χ1) is 13.5. The second-order valence-electron chi connectivity index (χ2n) is 6.86. The van der Waals surface area contributed by atoms with Crippen LogP contribution in [0.15, 0.2) is 23.1 Å². The van der Waals surface area contributed by atoms with Gasteiger partial charge in [0, 0.05) is 32.8 Å². The second kappa shape index (κ2) is 9.21. The molecule has 1 N–H and O–H groups in total. The monoisotopic (exact) mass is 411 g/mol. The number of nitrogens with zero attached hydrogens (tertiary/aromatic N) is 2. The summed E-state index contributed by atoms with van der Waals surface area (Å²) >= 11 is 0. The summed E-state index contributed by atoms with van der Waals surface area (Å²) in [5.41, 5.74) is 1.30. The van der Waals surface area contributed by atoms with Crippen molar-refractivity contribution in [3.05, 3.63) is 18.2 Å². The zero-order valence-corrected chi connectivity index (χ0v) is 17.3. The molecular weight excluding hydrogens is 382 g/mol. The van der Waals surface area contributed by atoms with Gasteiger partial charge in [0.05, 0.1) is 29.5 Å². The predicted molar refractivity (Wildman–Crippen MR) is 107 cm³/mol. The van der Waals surface area contributed by atoms with Crippen LogP contribution in [0.1, 0.15) is 26.7 Å². The van der Waals surface area contributed by atoms with E-state index in [1.54, 1.807) is 18.2 Å². The minimum Gasteiger partial charge on any atom is -0.379 e. The standard InChI is InChI=1S/C19H29N3O5S/c1-3-21(4-2)17-8-7-15(28(24,25)22-9-12-26-13-10-22)14-16(17)20-19(23)18-6-5-11-27-18/h7-8,14,18H,3-6,9-13H2,1-2H3,(H,20,23). The Labute approximate surface area is 166 Å². The lowest BCUT2D eigenvalue weighted by atomic mass is 10.2. The van der Waals surface area contributed by atoms with Gasteiger partial charge in [-0.25, -0.2) is 8.42 Å². The quantitative estimate of drug-likeness (QED) is 0.734. The van der Waals surface area contributed by atoms with Crippen LogP contribution in [-0.2, 0) is 24.3 Å². The Morgan fingerprint density at radius 2 is 1.93 bits per heavy atom. The number of morpholine rings is 1. The molecule has 0 aliphatic carbocycles. The fourth-order valence-electron chi connectivity index (χ4n) is 3.55. The highest BCUT2D eigenvalue weighted by molar-refractivity contribution is 7.89. The summed E-state index contributed by atoms with van der Waals surface area (Å²) in [7, 11) is -3.64. The van der Waals surface area contributed by atoms with E-state index in [-0.39, 0.29) is 10.8 Å². The van der Waals surface area contributed by atoms with E-state index in [0.717, 1.165) is 25.2 Å². The molecule has 0 aromatic heterocycles. The van der Waals surface area contributed by atoms with Crippen molar-refractivity contribution in [3.8, 4) is 0 Å². The number of ether oxygens (including phenoxy) is 2. The largest absolute Gasteiger partial charge is 0.379 e. The summed E-state index contributed by atoms with van der Waals surface area (Å²) in [4.78, 5) is 14.9. The molecule has 2 heterocycles. The molecule has 0 radical (unpaired) electrons. The number of rotatable bonds is 7. The molecule has 9 heteroatoms. The lowest BCUT2D eigenvalue weighted by Gasteiger charge is -2.28. The van der Waals surface area contributed by atoms with Gasteiger partial charge in [0.1, 0.15) is 6.10 Å². The summed E-state index contributed by atoms with van der Waals surface area (Å²) in [6.45, 7) is 7.55. The molecule has 1 atom stereocenters. The first-order valence-electron chi connectivity index (χ1n) is 9.86. The van der Waals surface area contributed by atoms with Crippen LogP contribution < -0.4 is 10.2 Å². The van der Waals surface area contributed by atoms with Crippen LogP contribution in [0.3, 0.4) is 0 Å². The number of carbonyl (C=O) groups is 1. The van der Waals surface area contributed by atoms with Crippen molar-refractivity contribution >= 4 is 27.3 Å². The molecule has 2 fully saturated rings. The molecule has 2 aliphatic heterocycles. The highest BCUT2D eigenvalue weighted by Crippen LogP contribution is 2.31. The Morgan fingerprint density at radius 1 is 1.21 bits per heavy atom. The highest BCUT2D eigenvalue weighted by Gasteiger charge is 2.29. The fourth-order valence-corrected chi connectivity index (χ4v) is 4.98. The van der Waals surface area contributed by atoms with Crippen LogP contribution in [0.4, 0.5) is 11.4 Å². The Bertz CT molecular complexity index is 783. The van der Waals surface area contributed by atoms with E-state index in [4.69, 9.17) is 9.47 Å². The summed E-state index contributed by atoms with van der Waals surface area (Å²) in [6, 6.07) is 4.94. The molecule has 2 saturated heterocycles. The predicted octanol–water partition coefficient (Wildman–Crippen LogP) is 1.67. The van der Waals surface area contributed by atoms with Gasteiger partial charge in [-0.05, 0) is 44.9 Å². The molecule has 1 unspecified atom stereocenters. The van der Waals surface area contributed by atoms with E-state index in [0.29, 0.717) is 45.0 Å². The van der Waals surface area contributed by atoms with Crippen molar-refractivity contribution in [3.63, 3.8) is 0 Å². The molecule has 156 valence electrons. The average molecular weight is 412 g/mol. The highest BCUT2D eigenvalue weighted by atomic mass is 32.2. The first kappa shape index (κ1) is 21.0. The van der Waals surface area contributed by atoms with Gasteiger partial charge in [-0.1, -0.05) is 0 Å². The Morgan fingerprint density at radius 3 is 2.54 bits per heavy atom. The van der Waals surface area contributed by atoms with Crippen LogP contribution in [0.2, 0.25) is 0 Å². The summed E-state index contributed by atoms with van der Waals surface area (Å²) < 4.78 is 38.2. The smallest absolute Gasteiger partial charge is 0.253 e. The van der Waals surface area contributed by atoms with E-state index in [1.165, 1.54) is 4.31 Å². The van der Waals surface area contributed by atoms with Crippen LogP contribution in [0.5, 0.6) is 0 Å². The second-order valence-corrected chi connectivity index (χ2v) is 8.80. The van der Waals surface area contributed by atoms with Crippen molar-refractivity contribution in [2.75, 3.05) is 56.2 Å². The van der Waals surface area contributed by atoms with E-state index >= 15 is 0 Å². The average Bonchev–Trinajstić information content (AvgIpc) is 3.25. The number of amides is 1. The summed E-state index contributed by atoms with van der Waals surface area (Å²) in [5, 5.41) is 2.90. The van der Waals surface area contributed by atoms with E-state index in [1.807, 2.05) is 13.8 Å². The summed E-state index contributed by atoms with van der Waals surface area (Å²) in [5.74, 6) is -0.230. The molecular formula is C19H29N3O5S. The van der Waals surface area contributed by atoms with Crippen LogP contribution in [0.25, 0.3) is 0 Å². The Hall–Kier alpha value is -1.68. The number of hydrogen-bond donors (Lipinski definition) is 1. The van der Waals surface area contributed by atoms with Crippen molar-refractivity contribution in [1.82, 2.24) is 4.31 Å². The maximum Gasteiger partial charge on any atom is 0.253 e. The minimum absolute atomic E-state index is 0.174. The van der Waals surface area contributed by atoms with Gasteiger partial charge in [-0.2, -0.15) is 4.31 Å². The van der Waals surface area contributed by atoms with Crippen molar-refractivity contribution in [2.45, 2.75) is 37.7 Å². The van der Waals surface area contributed by atoms with Crippen molar-refractivity contribution in [1.29, 1.82) is 0 Å². The molecule has 2 aliphatic rings. The molecule has 8 nitrogen and oxygen atoms in total. The van der Waals surface area contributed by atoms with Gasteiger partial charge in [0.25, 0.3) is 5.91 Å².